The number of aromatic nitrogens is 1. The molecule has 4 N–H and O–H groups in total. The first-order valence-electron chi connectivity index (χ1n) is 8.32. The second-order valence-electron chi connectivity index (χ2n) is 6.39. The average Bonchev–Trinajstić information content (AvgIpc) is 3.40. The molecular weight excluding hydrogens is 307 g/mol. The van der Waals surface area contributed by atoms with E-state index in [1.807, 2.05) is 18.3 Å². The van der Waals surface area contributed by atoms with Crippen molar-refractivity contribution in [2.45, 2.75) is 18.9 Å². The van der Waals surface area contributed by atoms with Crippen molar-refractivity contribution in [1.82, 2.24) is 9.88 Å². The Hall–Kier alpha value is -2.41. The smallest absolute Gasteiger partial charge is 0.213 e. The summed E-state index contributed by atoms with van der Waals surface area (Å²) in [6.07, 6.45) is 4.26. The third-order valence-corrected chi connectivity index (χ3v) is 4.65. The van der Waals surface area contributed by atoms with Crippen LogP contribution in [-0.2, 0) is 0 Å². The summed E-state index contributed by atoms with van der Waals surface area (Å²) in [6.45, 7) is 3.31. The first-order valence-corrected chi connectivity index (χ1v) is 8.32. The molecule has 1 aliphatic carbocycles. The topological polar surface area (TPSA) is 82.4 Å². The number of guanidine groups is 1. The van der Waals surface area contributed by atoms with Crippen LogP contribution in [0.5, 0.6) is 0 Å². The zero-order valence-electron chi connectivity index (χ0n) is 13.4. The van der Waals surface area contributed by atoms with Gasteiger partial charge in [-0.05, 0) is 31.0 Å². The Kier molecular flexibility index (Phi) is 3.72. The number of piperazine rings is 1. The number of anilines is 1. The minimum Gasteiger partial charge on any atom is -0.368 e. The minimum atomic E-state index is -0.271. The molecule has 2 aliphatic rings. The van der Waals surface area contributed by atoms with Crippen molar-refractivity contribution in [3.63, 3.8) is 0 Å². The molecule has 6 nitrogen and oxygen atoms in total. The first kappa shape index (κ1) is 15.1. The molecule has 1 saturated carbocycles. The Morgan fingerprint density at radius 3 is 2.71 bits per heavy atom. The summed E-state index contributed by atoms with van der Waals surface area (Å²) in [5.41, 5.74) is 7.00. The lowest BCUT2D eigenvalue weighted by Crippen LogP contribution is -2.43. The number of fused-ring (bicyclic) bond motifs is 1. The third kappa shape index (κ3) is 2.75. The molecule has 0 radical (unpaired) electrons. The Morgan fingerprint density at radius 1 is 1.29 bits per heavy atom. The van der Waals surface area contributed by atoms with Crippen LogP contribution in [0.25, 0.3) is 10.9 Å². The van der Waals surface area contributed by atoms with Gasteiger partial charge in [-0.1, -0.05) is 0 Å². The molecule has 0 unspecified atom stereocenters. The monoisotopic (exact) mass is 328 g/mol. The third-order valence-electron chi connectivity index (χ3n) is 4.65. The van der Waals surface area contributed by atoms with E-state index in [9.17, 15) is 4.39 Å². The van der Waals surface area contributed by atoms with Crippen molar-refractivity contribution >= 4 is 22.5 Å². The van der Waals surface area contributed by atoms with Gasteiger partial charge in [-0.2, -0.15) is 0 Å². The highest BCUT2D eigenvalue weighted by Crippen LogP contribution is 2.37. The zero-order chi connectivity index (χ0) is 16.7. The van der Waals surface area contributed by atoms with Crippen LogP contribution in [0.3, 0.4) is 0 Å². The quantitative estimate of drug-likeness (QED) is 0.574. The highest BCUT2D eigenvalue weighted by atomic mass is 19.1. The fourth-order valence-corrected chi connectivity index (χ4v) is 3.34. The van der Waals surface area contributed by atoms with Gasteiger partial charge in [0.2, 0.25) is 5.96 Å². The van der Waals surface area contributed by atoms with Crippen molar-refractivity contribution in [3.8, 4) is 0 Å². The molecule has 0 spiro atoms. The van der Waals surface area contributed by atoms with Crippen molar-refractivity contribution in [1.29, 1.82) is 5.41 Å². The van der Waals surface area contributed by atoms with Gasteiger partial charge in [-0.25, -0.2) is 9.38 Å². The Bertz CT molecular complexity index is 861. The summed E-state index contributed by atoms with van der Waals surface area (Å²) in [7, 11) is 0. The van der Waals surface area contributed by atoms with Gasteiger partial charge in [-0.15, -0.1) is 0 Å². The molecule has 2 fully saturated rings. The van der Waals surface area contributed by atoms with Gasteiger partial charge in [0.1, 0.15) is 5.82 Å². The molecular formula is C17H21FN6. The van der Waals surface area contributed by atoms with Crippen molar-refractivity contribution in [2.24, 2.45) is 10.7 Å². The number of nitrogens with one attached hydrogen (secondary N) is 2. The van der Waals surface area contributed by atoms with Gasteiger partial charge in [0, 0.05) is 43.8 Å². The van der Waals surface area contributed by atoms with E-state index in [4.69, 9.17) is 11.1 Å². The molecule has 126 valence electrons. The molecule has 1 aromatic heterocycles. The highest BCUT2D eigenvalue weighted by molar-refractivity contribution is 5.85. The number of nitrogens with zero attached hydrogens (tertiary/aromatic N) is 3. The lowest BCUT2D eigenvalue weighted by Gasteiger charge is -2.30. The van der Waals surface area contributed by atoms with Gasteiger partial charge < -0.3 is 20.5 Å². The number of benzene rings is 1. The van der Waals surface area contributed by atoms with Gasteiger partial charge in [0.05, 0.1) is 16.6 Å². The van der Waals surface area contributed by atoms with Crippen molar-refractivity contribution < 1.29 is 4.39 Å². The summed E-state index contributed by atoms with van der Waals surface area (Å²) >= 11 is 0. The molecule has 7 heteroatoms. The molecule has 4 rings (SSSR count). The van der Waals surface area contributed by atoms with Crippen LogP contribution in [0.15, 0.2) is 29.4 Å². The lowest BCUT2D eigenvalue weighted by atomic mass is 10.1. The Labute approximate surface area is 139 Å². The fourth-order valence-electron chi connectivity index (χ4n) is 3.34. The van der Waals surface area contributed by atoms with E-state index in [-0.39, 0.29) is 11.8 Å². The molecule has 24 heavy (non-hydrogen) atoms. The van der Waals surface area contributed by atoms with Gasteiger partial charge in [-0.3, -0.25) is 5.41 Å². The van der Waals surface area contributed by atoms with E-state index in [0.717, 1.165) is 44.5 Å². The largest absolute Gasteiger partial charge is 0.368 e. The maximum absolute atomic E-state index is 14.8. The van der Waals surface area contributed by atoms with E-state index in [1.165, 1.54) is 6.07 Å². The summed E-state index contributed by atoms with van der Waals surface area (Å²) in [4.78, 5) is 6.13. The molecule has 0 amide bonds. The van der Waals surface area contributed by atoms with Crippen LogP contribution in [0, 0.1) is 11.2 Å². The number of halogens is 1. The minimum absolute atomic E-state index is 0.252. The number of hydrogen-bond donors (Lipinski definition) is 3. The number of nitrogens with two attached hydrogens (primary N) is 1. The summed E-state index contributed by atoms with van der Waals surface area (Å²) < 4.78 is 17.0. The maximum Gasteiger partial charge on any atom is 0.213 e. The SMILES string of the molecule is N=C(N)N=c1ccn(C2CC2)c2cc(N3CCNCC3)c(F)cc12. The van der Waals surface area contributed by atoms with Crippen LogP contribution in [0.4, 0.5) is 10.1 Å². The predicted octanol–water partition coefficient (Wildman–Crippen LogP) is 1.32. The Balaban J connectivity index is 1.93. The second kappa shape index (κ2) is 5.90. The molecule has 2 aromatic rings. The van der Waals surface area contributed by atoms with E-state index < -0.39 is 0 Å². The van der Waals surface area contributed by atoms with Crippen molar-refractivity contribution in [3.05, 3.63) is 35.6 Å². The number of rotatable bonds is 2. The van der Waals surface area contributed by atoms with Crippen LogP contribution < -0.4 is 21.3 Å². The molecule has 1 aliphatic heterocycles. The molecule has 1 saturated heterocycles. The highest BCUT2D eigenvalue weighted by Gasteiger charge is 2.25. The first-order chi connectivity index (χ1) is 11.6. The van der Waals surface area contributed by atoms with Gasteiger partial charge in [0.25, 0.3) is 0 Å². The van der Waals surface area contributed by atoms with E-state index in [2.05, 4.69) is 19.8 Å². The lowest BCUT2D eigenvalue weighted by molar-refractivity contribution is 0.567. The fraction of sp³-hybridized carbons (Fsp3) is 0.412. The molecule has 1 aromatic carbocycles. The maximum atomic E-state index is 14.8. The molecule has 0 atom stereocenters. The van der Waals surface area contributed by atoms with E-state index in [1.54, 1.807) is 0 Å². The molecule has 0 bridgehead atoms. The van der Waals surface area contributed by atoms with Gasteiger partial charge in [0.15, 0.2) is 0 Å². The zero-order valence-corrected chi connectivity index (χ0v) is 13.4. The predicted molar refractivity (Wildman–Crippen MR) is 92.7 cm³/mol. The van der Waals surface area contributed by atoms with E-state index >= 15 is 0 Å². The molecule has 2 heterocycles. The van der Waals surface area contributed by atoms with Crippen LogP contribution >= 0.6 is 0 Å². The second-order valence-corrected chi connectivity index (χ2v) is 6.39. The van der Waals surface area contributed by atoms with Crippen LogP contribution in [-0.4, -0.2) is 36.7 Å². The van der Waals surface area contributed by atoms with Gasteiger partial charge >= 0.3 is 0 Å². The number of hydrogen-bond acceptors (Lipinski definition) is 3. The summed E-state index contributed by atoms with van der Waals surface area (Å²) in [5, 5.41) is 11.9. The summed E-state index contributed by atoms with van der Waals surface area (Å²) in [5.74, 6) is -0.523. The van der Waals surface area contributed by atoms with Crippen LogP contribution in [0.1, 0.15) is 18.9 Å². The van der Waals surface area contributed by atoms with Crippen molar-refractivity contribution in [2.75, 3.05) is 31.1 Å². The van der Waals surface area contributed by atoms with E-state index in [0.29, 0.717) is 22.5 Å². The number of pyridine rings is 1. The standard InChI is InChI=1S/C17H21FN6/c18-13-9-12-14(22-17(19)20)3-6-24(11-1-2-11)15(12)10-16(13)23-7-4-21-5-8-23/h3,6,9-11,21H,1-2,4-5,7-8H2,(H3,19,20). The average molecular weight is 328 g/mol. The Morgan fingerprint density at radius 2 is 2.04 bits per heavy atom. The van der Waals surface area contributed by atoms with Crippen LogP contribution in [0.2, 0.25) is 0 Å². The summed E-state index contributed by atoms with van der Waals surface area (Å²) in [6, 6.07) is 5.74. The normalized spacial score (nSPS) is 19.0.